The summed E-state index contributed by atoms with van der Waals surface area (Å²) in [7, 11) is 1.91. The molecule has 0 heterocycles. The number of anilines is 3. The third-order valence-corrected chi connectivity index (χ3v) is 3.17. The molecule has 3 heteroatoms. The third-order valence-electron chi connectivity index (χ3n) is 2.87. The highest BCUT2D eigenvalue weighted by atomic mass is 35.5. The van der Waals surface area contributed by atoms with Crippen molar-refractivity contribution in [1.29, 1.82) is 0 Å². The molecular formula is C15H17ClN2. The lowest BCUT2D eigenvalue weighted by atomic mass is 10.1. The predicted molar refractivity (Wildman–Crippen MR) is 80.2 cm³/mol. The van der Waals surface area contributed by atoms with Crippen LogP contribution in [0.2, 0.25) is 5.02 Å². The molecular weight excluding hydrogens is 244 g/mol. The van der Waals surface area contributed by atoms with Gasteiger partial charge in [-0.25, -0.2) is 0 Å². The van der Waals surface area contributed by atoms with Gasteiger partial charge in [-0.15, -0.1) is 0 Å². The molecule has 0 radical (unpaired) electrons. The molecule has 0 bridgehead atoms. The van der Waals surface area contributed by atoms with E-state index in [0.717, 1.165) is 27.6 Å². The van der Waals surface area contributed by atoms with E-state index in [1.54, 1.807) is 0 Å². The van der Waals surface area contributed by atoms with Crippen LogP contribution in [0.1, 0.15) is 11.1 Å². The van der Waals surface area contributed by atoms with Crippen LogP contribution in [0.3, 0.4) is 0 Å². The van der Waals surface area contributed by atoms with Crippen LogP contribution in [0, 0.1) is 13.8 Å². The Hall–Kier alpha value is -1.67. The van der Waals surface area contributed by atoms with Crippen molar-refractivity contribution >= 4 is 28.7 Å². The lowest BCUT2D eigenvalue weighted by Gasteiger charge is -2.13. The maximum absolute atomic E-state index is 6.27. The van der Waals surface area contributed by atoms with Gasteiger partial charge < -0.3 is 10.6 Å². The van der Waals surface area contributed by atoms with Gasteiger partial charge in [0, 0.05) is 18.4 Å². The first-order chi connectivity index (χ1) is 8.60. The van der Waals surface area contributed by atoms with Crippen molar-refractivity contribution in [3.05, 3.63) is 52.5 Å². The normalized spacial score (nSPS) is 10.2. The minimum absolute atomic E-state index is 0.755. The van der Waals surface area contributed by atoms with E-state index < -0.39 is 0 Å². The molecule has 2 N–H and O–H groups in total. The van der Waals surface area contributed by atoms with Crippen molar-refractivity contribution in [2.45, 2.75) is 13.8 Å². The number of benzene rings is 2. The van der Waals surface area contributed by atoms with Crippen molar-refractivity contribution in [3.8, 4) is 0 Å². The molecule has 2 rings (SSSR count). The van der Waals surface area contributed by atoms with E-state index in [4.69, 9.17) is 11.6 Å². The molecule has 0 aliphatic carbocycles. The average molecular weight is 261 g/mol. The van der Waals surface area contributed by atoms with Gasteiger partial charge in [0.2, 0.25) is 0 Å². The van der Waals surface area contributed by atoms with Gasteiger partial charge in [-0.3, -0.25) is 0 Å². The number of halogens is 1. The molecule has 18 heavy (non-hydrogen) atoms. The fourth-order valence-corrected chi connectivity index (χ4v) is 2.31. The van der Waals surface area contributed by atoms with Gasteiger partial charge in [0.1, 0.15) is 0 Å². The number of hydrogen-bond donors (Lipinski definition) is 2. The van der Waals surface area contributed by atoms with Crippen LogP contribution < -0.4 is 10.6 Å². The highest BCUT2D eigenvalue weighted by Crippen LogP contribution is 2.30. The number of rotatable bonds is 3. The van der Waals surface area contributed by atoms with Gasteiger partial charge in [0.05, 0.1) is 10.7 Å². The van der Waals surface area contributed by atoms with E-state index in [2.05, 4.69) is 23.6 Å². The van der Waals surface area contributed by atoms with E-state index in [0.29, 0.717) is 0 Å². The molecule has 0 saturated carbocycles. The smallest absolute Gasteiger partial charge is 0.0646 e. The standard InChI is InChI=1S/C15H17ClN2/c1-10-8-11(2)15(14(16)9-10)18-13-6-4-12(17-3)5-7-13/h4-9,17-18H,1-3H3. The Bertz CT molecular complexity index is 524. The largest absolute Gasteiger partial charge is 0.388 e. The molecule has 2 nitrogen and oxygen atoms in total. The zero-order valence-electron chi connectivity index (χ0n) is 10.8. The number of hydrogen-bond acceptors (Lipinski definition) is 2. The SMILES string of the molecule is CNc1ccc(Nc2c(C)cc(C)cc2Cl)cc1. The van der Waals surface area contributed by atoms with Gasteiger partial charge in [0.25, 0.3) is 0 Å². The van der Waals surface area contributed by atoms with Gasteiger partial charge in [-0.05, 0) is 55.3 Å². The lowest BCUT2D eigenvalue weighted by molar-refractivity contribution is 1.37. The van der Waals surface area contributed by atoms with Crippen LogP contribution in [-0.2, 0) is 0 Å². The van der Waals surface area contributed by atoms with Crippen molar-refractivity contribution in [2.75, 3.05) is 17.7 Å². The first kappa shape index (κ1) is 12.8. The first-order valence-electron chi connectivity index (χ1n) is 5.92. The second-order valence-corrected chi connectivity index (χ2v) is 4.80. The summed E-state index contributed by atoms with van der Waals surface area (Å²) in [6, 6.07) is 12.2. The molecule has 0 amide bonds. The van der Waals surface area contributed by atoms with E-state index in [1.165, 1.54) is 5.56 Å². The van der Waals surface area contributed by atoms with Gasteiger partial charge >= 0.3 is 0 Å². The predicted octanol–water partition coefficient (Wildman–Crippen LogP) is 4.74. The molecule has 0 saturated heterocycles. The topological polar surface area (TPSA) is 24.1 Å². The lowest BCUT2D eigenvalue weighted by Crippen LogP contribution is -1.95. The summed E-state index contributed by atoms with van der Waals surface area (Å²) in [5.41, 5.74) is 5.42. The molecule has 0 fully saturated rings. The zero-order chi connectivity index (χ0) is 13.1. The minimum atomic E-state index is 0.755. The summed E-state index contributed by atoms with van der Waals surface area (Å²) in [6.07, 6.45) is 0. The Morgan fingerprint density at radius 3 is 2.11 bits per heavy atom. The van der Waals surface area contributed by atoms with Crippen molar-refractivity contribution in [1.82, 2.24) is 0 Å². The van der Waals surface area contributed by atoms with Gasteiger partial charge in [0.15, 0.2) is 0 Å². The average Bonchev–Trinajstić information content (AvgIpc) is 2.34. The molecule has 2 aromatic carbocycles. The number of nitrogens with one attached hydrogen (secondary N) is 2. The highest BCUT2D eigenvalue weighted by Gasteiger charge is 2.05. The Balaban J connectivity index is 2.28. The van der Waals surface area contributed by atoms with Gasteiger partial charge in [-0.1, -0.05) is 17.7 Å². The fourth-order valence-electron chi connectivity index (χ4n) is 1.94. The van der Waals surface area contributed by atoms with E-state index in [9.17, 15) is 0 Å². The molecule has 94 valence electrons. The molecule has 0 atom stereocenters. The summed E-state index contributed by atoms with van der Waals surface area (Å²) in [6.45, 7) is 4.10. The minimum Gasteiger partial charge on any atom is -0.388 e. The Morgan fingerprint density at radius 1 is 0.944 bits per heavy atom. The van der Waals surface area contributed by atoms with E-state index in [1.807, 2.05) is 44.3 Å². The molecule has 0 spiro atoms. The second kappa shape index (κ2) is 5.32. The van der Waals surface area contributed by atoms with E-state index >= 15 is 0 Å². The van der Waals surface area contributed by atoms with Crippen LogP contribution in [0.4, 0.5) is 17.1 Å². The van der Waals surface area contributed by atoms with Gasteiger partial charge in [-0.2, -0.15) is 0 Å². The first-order valence-corrected chi connectivity index (χ1v) is 6.29. The van der Waals surface area contributed by atoms with Crippen LogP contribution in [0.15, 0.2) is 36.4 Å². The Kier molecular flexibility index (Phi) is 3.78. The Morgan fingerprint density at radius 2 is 1.56 bits per heavy atom. The van der Waals surface area contributed by atoms with Crippen molar-refractivity contribution in [3.63, 3.8) is 0 Å². The maximum atomic E-state index is 6.27. The quantitative estimate of drug-likeness (QED) is 0.833. The molecule has 0 aliphatic heterocycles. The van der Waals surface area contributed by atoms with Crippen molar-refractivity contribution < 1.29 is 0 Å². The van der Waals surface area contributed by atoms with Crippen LogP contribution in [0.5, 0.6) is 0 Å². The van der Waals surface area contributed by atoms with Crippen LogP contribution in [-0.4, -0.2) is 7.05 Å². The molecule has 0 aliphatic rings. The third kappa shape index (κ3) is 2.77. The van der Waals surface area contributed by atoms with E-state index in [-0.39, 0.29) is 0 Å². The summed E-state index contributed by atoms with van der Waals surface area (Å²) in [4.78, 5) is 0. The fraction of sp³-hybridized carbons (Fsp3) is 0.200. The summed E-state index contributed by atoms with van der Waals surface area (Å²) in [5, 5.41) is 7.21. The zero-order valence-corrected chi connectivity index (χ0v) is 11.6. The summed E-state index contributed by atoms with van der Waals surface area (Å²) < 4.78 is 0. The molecule has 0 unspecified atom stereocenters. The highest BCUT2D eigenvalue weighted by molar-refractivity contribution is 6.33. The summed E-state index contributed by atoms with van der Waals surface area (Å²) >= 11 is 6.27. The molecule has 0 aromatic heterocycles. The maximum Gasteiger partial charge on any atom is 0.0646 e. The van der Waals surface area contributed by atoms with Crippen LogP contribution in [0.25, 0.3) is 0 Å². The van der Waals surface area contributed by atoms with Crippen molar-refractivity contribution in [2.24, 2.45) is 0 Å². The molecule has 2 aromatic rings. The monoisotopic (exact) mass is 260 g/mol. The van der Waals surface area contributed by atoms with Crippen LogP contribution >= 0.6 is 11.6 Å². The number of aryl methyl sites for hydroxylation is 2. The summed E-state index contributed by atoms with van der Waals surface area (Å²) in [5.74, 6) is 0. The Labute approximate surface area is 113 Å². The second-order valence-electron chi connectivity index (χ2n) is 4.39.